The second kappa shape index (κ2) is 6.25. The minimum atomic E-state index is -0.900. The van der Waals surface area contributed by atoms with E-state index in [-0.39, 0.29) is 24.9 Å². The fourth-order valence-electron chi connectivity index (χ4n) is 1.90. The fourth-order valence-corrected chi connectivity index (χ4v) is 1.90. The van der Waals surface area contributed by atoms with Crippen LogP contribution in [0.25, 0.3) is 0 Å². The van der Waals surface area contributed by atoms with Crippen molar-refractivity contribution in [2.24, 2.45) is 0 Å². The lowest BCUT2D eigenvalue weighted by molar-refractivity contribution is -0.145. The van der Waals surface area contributed by atoms with Crippen LogP contribution in [0.15, 0.2) is 18.2 Å². The maximum atomic E-state index is 11.5. The maximum Gasteiger partial charge on any atom is 0.331 e. The number of Topliss-reactive ketones (excluding diaryl/α,β-unsaturated/α-hetero) is 1. The Labute approximate surface area is 121 Å². The normalized spacial score (nSPS) is 13.9. The summed E-state index contributed by atoms with van der Waals surface area (Å²) in [6, 6.07) is 3.88. The topological polar surface area (TPSA) is 90.9 Å². The Morgan fingerprint density at radius 3 is 2.86 bits per heavy atom. The third kappa shape index (κ3) is 3.50. The fraction of sp³-hybridized carbons (Fsp3) is 0.357. The molecule has 1 unspecified atom stereocenters. The highest BCUT2D eigenvalue weighted by Crippen LogP contribution is 2.29. The first-order valence-corrected chi connectivity index (χ1v) is 6.29. The van der Waals surface area contributed by atoms with Gasteiger partial charge in [0.05, 0.1) is 12.7 Å². The predicted octanol–water partition coefficient (Wildman–Crippen LogP) is 0.318. The zero-order valence-electron chi connectivity index (χ0n) is 11.7. The lowest BCUT2D eigenvalue weighted by atomic mass is 10.1. The van der Waals surface area contributed by atoms with Gasteiger partial charge in [0.15, 0.2) is 12.6 Å². The van der Waals surface area contributed by atoms with E-state index in [9.17, 15) is 14.4 Å². The predicted molar refractivity (Wildman–Crippen MR) is 71.4 cm³/mol. The van der Waals surface area contributed by atoms with Gasteiger partial charge < -0.3 is 19.5 Å². The second-order valence-corrected chi connectivity index (χ2v) is 4.46. The van der Waals surface area contributed by atoms with Crippen LogP contribution in [0.1, 0.15) is 17.3 Å². The molecule has 7 nitrogen and oxygen atoms in total. The van der Waals surface area contributed by atoms with Crippen molar-refractivity contribution in [3.8, 4) is 11.5 Å². The van der Waals surface area contributed by atoms with Crippen molar-refractivity contribution in [2.45, 2.75) is 13.0 Å². The molecule has 0 spiro atoms. The zero-order valence-corrected chi connectivity index (χ0v) is 11.7. The van der Waals surface area contributed by atoms with Gasteiger partial charge in [0.1, 0.15) is 18.1 Å². The molecule has 0 saturated carbocycles. The largest absolute Gasteiger partial charge is 0.491 e. The number of carbonyl (C=O) groups excluding carboxylic acids is 3. The number of carbonyl (C=O) groups is 3. The van der Waals surface area contributed by atoms with Crippen LogP contribution in [-0.4, -0.2) is 44.0 Å². The lowest BCUT2D eigenvalue weighted by Crippen LogP contribution is -2.44. The van der Waals surface area contributed by atoms with E-state index in [1.807, 2.05) is 0 Å². The minimum absolute atomic E-state index is 0.0233. The van der Waals surface area contributed by atoms with Crippen molar-refractivity contribution in [1.82, 2.24) is 5.32 Å². The summed E-state index contributed by atoms with van der Waals surface area (Å²) in [5, 5.41) is 2.44. The molecule has 1 aliphatic rings. The van der Waals surface area contributed by atoms with Gasteiger partial charge in [0.2, 0.25) is 11.7 Å². The molecule has 0 saturated heterocycles. The number of amides is 1. The number of methoxy groups -OCH3 is 1. The summed E-state index contributed by atoms with van der Waals surface area (Å²) in [7, 11) is 1.23. The second-order valence-electron chi connectivity index (χ2n) is 4.46. The Morgan fingerprint density at radius 2 is 2.19 bits per heavy atom. The minimum Gasteiger partial charge on any atom is -0.491 e. The quantitative estimate of drug-likeness (QED) is 0.786. The van der Waals surface area contributed by atoms with Gasteiger partial charge >= 0.3 is 5.97 Å². The summed E-state index contributed by atoms with van der Waals surface area (Å²) in [6.07, 6.45) is 0. The molecule has 1 amide bonds. The van der Waals surface area contributed by atoms with Gasteiger partial charge in [-0.2, -0.15) is 0 Å². The highest BCUT2D eigenvalue weighted by atomic mass is 16.5. The molecule has 112 valence electrons. The monoisotopic (exact) mass is 293 g/mol. The number of ether oxygens (including phenoxy) is 3. The van der Waals surface area contributed by atoms with E-state index in [1.54, 1.807) is 18.2 Å². The van der Waals surface area contributed by atoms with E-state index in [0.29, 0.717) is 17.1 Å². The van der Waals surface area contributed by atoms with E-state index in [0.717, 1.165) is 0 Å². The summed E-state index contributed by atoms with van der Waals surface area (Å²) in [5.41, 5.74) is 0.508. The SMILES string of the molecule is COC(=O)C(COc1ccc2c(c1)OCC2=O)NC(C)=O. The molecule has 0 bridgehead atoms. The highest BCUT2D eigenvalue weighted by Gasteiger charge is 2.23. The zero-order chi connectivity index (χ0) is 15.4. The number of ketones is 1. The number of hydrogen-bond donors (Lipinski definition) is 1. The van der Waals surface area contributed by atoms with Gasteiger partial charge in [0.25, 0.3) is 0 Å². The van der Waals surface area contributed by atoms with Crippen LogP contribution >= 0.6 is 0 Å². The molecule has 1 aromatic rings. The van der Waals surface area contributed by atoms with Gasteiger partial charge in [-0.05, 0) is 12.1 Å². The van der Waals surface area contributed by atoms with E-state index in [2.05, 4.69) is 10.1 Å². The molecule has 0 aromatic heterocycles. The first kappa shape index (κ1) is 14.8. The van der Waals surface area contributed by atoms with Crippen molar-refractivity contribution in [1.29, 1.82) is 0 Å². The molecule has 7 heteroatoms. The number of rotatable bonds is 5. The first-order valence-electron chi connectivity index (χ1n) is 6.29. The average molecular weight is 293 g/mol. The van der Waals surface area contributed by atoms with Crippen molar-refractivity contribution < 1.29 is 28.6 Å². The highest BCUT2D eigenvalue weighted by molar-refractivity contribution is 6.02. The first-order chi connectivity index (χ1) is 10.0. The van der Waals surface area contributed by atoms with Crippen LogP contribution in [-0.2, 0) is 14.3 Å². The summed E-state index contributed by atoms with van der Waals surface area (Å²) < 4.78 is 15.2. The molecular formula is C14H15NO6. The third-order valence-electron chi connectivity index (χ3n) is 2.89. The van der Waals surface area contributed by atoms with Crippen LogP contribution in [0, 0.1) is 0 Å². The Bertz CT molecular complexity index is 583. The Balaban J connectivity index is 2.02. The van der Waals surface area contributed by atoms with Crippen molar-refractivity contribution in [3.05, 3.63) is 23.8 Å². The molecule has 1 N–H and O–H groups in total. The van der Waals surface area contributed by atoms with Gasteiger partial charge in [-0.3, -0.25) is 9.59 Å². The van der Waals surface area contributed by atoms with Gasteiger partial charge in [-0.15, -0.1) is 0 Å². The molecule has 1 aromatic carbocycles. The van der Waals surface area contributed by atoms with Crippen LogP contribution in [0.3, 0.4) is 0 Å². The molecule has 2 rings (SSSR count). The number of fused-ring (bicyclic) bond motifs is 1. The molecule has 0 radical (unpaired) electrons. The molecule has 1 heterocycles. The van der Waals surface area contributed by atoms with Crippen LogP contribution in [0.4, 0.5) is 0 Å². The maximum absolute atomic E-state index is 11.5. The number of esters is 1. The molecule has 1 aliphatic heterocycles. The van der Waals surface area contributed by atoms with Crippen molar-refractivity contribution in [2.75, 3.05) is 20.3 Å². The molecule has 0 fully saturated rings. The Kier molecular flexibility index (Phi) is 4.42. The smallest absolute Gasteiger partial charge is 0.331 e. The van der Waals surface area contributed by atoms with Gasteiger partial charge in [0, 0.05) is 13.0 Å². The Hall–Kier alpha value is -2.57. The molecule has 1 atom stereocenters. The average Bonchev–Trinajstić information content (AvgIpc) is 2.83. The van der Waals surface area contributed by atoms with Crippen LogP contribution in [0.5, 0.6) is 11.5 Å². The van der Waals surface area contributed by atoms with E-state index in [4.69, 9.17) is 9.47 Å². The standard InChI is InChI=1S/C14H15NO6/c1-8(16)15-11(14(18)19-2)6-20-9-3-4-10-12(17)7-21-13(10)5-9/h3-5,11H,6-7H2,1-2H3,(H,15,16). The number of hydrogen-bond acceptors (Lipinski definition) is 6. The molecule has 0 aliphatic carbocycles. The van der Waals surface area contributed by atoms with Crippen LogP contribution in [0.2, 0.25) is 0 Å². The summed E-state index contributed by atoms with van der Waals surface area (Å²) in [6.45, 7) is 1.24. The van der Waals surface area contributed by atoms with E-state index >= 15 is 0 Å². The van der Waals surface area contributed by atoms with Crippen molar-refractivity contribution >= 4 is 17.7 Å². The Morgan fingerprint density at radius 1 is 1.43 bits per heavy atom. The van der Waals surface area contributed by atoms with Gasteiger partial charge in [-0.25, -0.2) is 4.79 Å². The molecular weight excluding hydrogens is 278 g/mol. The van der Waals surface area contributed by atoms with Crippen LogP contribution < -0.4 is 14.8 Å². The van der Waals surface area contributed by atoms with Gasteiger partial charge in [-0.1, -0.05) is 0 Å². The third-order valence-corrected chi connectivity index (χ3v) is 2.89. The lowest BCUT2D eigenvalue weighted by Gasteiger charge is -2.16. The number of benzene rings is 1. The van der Waals surface area contributed by atoms with E-state index in [1.165, 1.54) is 14.0 Å². The summed E-state index contributed by atoms with van der Waals surface area (Å²) >= 11 is 0. The summed E-state index contributed by atoms with van der Waals surface area (Å²) in [4.78, 5) is 34.0. The summed E-state index contributed by atoms with van der Waals surface area (Å²) in [5.74, 6) is -0.161. The molecule has 21 heavy (non-hydrogen) atoms. The number of nitrogens with one attached hydrogen (secondary N) is 1. The van der Waals surface area contributed by atoms with Crippen molar-refractivity contribution in [3.63, 3.8) is 0 Å². The van der Waals surface area contributed by atoms with E-state index < -0.39 is 12.0 Å².